The minimum atomic E-state index is -0.791. The van der Waals surface area contributed by atoms with E-state index >= 15 is 0 Å². The van der Waals surface area contributed by atoms with Gasteiger partial charge in [-0.2, -0.15) is 0 Å². The molecule has 0 N–H and O–H groups in total. The summed E-state index contributed by atoms with van der Waals surface area (Å²) in [7, 11) is 0. The van der Waals surface area contributed by atoms with E-state index in [2.05, 4.69) is 0 Å². The predicted molar refractivity (Wildman–Crippen MR) is 111 cm³/mol. The number of rotatable bonds is 7. The number of esters is 1. The van der Waals surface area contributed by atoms with Crippen molar-refractivity contribution in [2.75, 3.05) is 19.8 Å². The van der Waals surface area contributed by atoms with Crippen LogP contribution in [0.25, 0.3) is 0 Å². The van der Waals surface area contributed by atoms with Crippen molar-refractivity contribution in [2.45, 2.75) is 71.5 Å². The molecule has 1 saturated carbocycles. The molecular formula is C23H31ClO5. The lowest BCUT2D eigenvalue weighted by molar-refractivity contribution is -0.200. The molecule has 1 aliphatic carbocycles. The van der Waals surface area contributed by atoms with Gasteiger partial charge < -0.3 is 14.2 Å². The number of aryl methyl sites for hydroxylation is 2. The molecule has 0 aromatic heterocycles. The summed E-state index contributed by atoms with van der Waals surface area (Å²) in [4.78, 5) is 26.0. The largest absolute Gasteiger partial charge is 0.465 e. The Balaban J connectivity index is 1.75. The fourth-order valence-corrected chi connectivity index (χ4v) is 4.88. The van der Waals surface area contributed by atoms with Gasteiger partial charge in [0.2, 0.25) is 0 Å². The molecule has 0 amide bonds. The van der Waals surface area contributed by atoms with E-state index in [1.54, 1.807) is 0 Å². The summed E-state index contributed by atoms with van der Waals surface area (Å²) in [6.45, 7) is 7.44. The molecule has 1 aromatic rings. The van der Waals surface area contributed by atoms with Gasteiger partial charge in [0.25, 0.3) is 0 Å². The van der Waals surface area contributed by atoms with Gasteiger partial charge in [-0.15, -0.1) is 0 Å². The van der Waals surface area contributed by atoms with Gasteiger partial charge in [-0.05, 0) is 61.9 Å². The Hall–Kier alpha value is -1.43. The van der Waals surface area contributed by atoms with E-state index < -0.39 is 11.2 Å². The van der Waals surface area contributed by atoms with Crippen molar-refractivity contribution in [3.05, 3.63) is 33.8 Å². The number of carbonyl (C=O) groups excluding carboxylic acids is 2. The number of carbonyl (C=O) groups is 2. The summed E-state index contributed by atoms with van der Waals surface area (Å²) >= 11 is 6.12. The van der Waals surface area contributed by atoms with Crippen LogP contribution in [0, 0.1) is 19.3 Å². The fraction of sp³-hybridized carbons (Fsp3) is 0.652. The van der Waals surface area contributed by atoms with Crippen molar-refractivity contribution in [1.29, 1.82) is 0 Å². The third-order valence-corrected chi connectivity index (χ3v) is 6.44. The molecule has 29 heavy (non-hydrogen) atoms. The van der Waals surface area contributed by atoms with Gasteiger partial charge in [-0.1, -0.05) is 18.5 Å². The van der Waals surface area contributed by atoms with E-state index in [0.717, 1.165) is 23.1 Å². The number of hydrogen-bond acceptors (Lipinski definition) is 5. The third kappa shape index (κ3) is 5.01. The summed E-state index contributed by atoms with van der Waals surface area (Å²) in [5.74, 6) is -0.790. The lowest BCUT2D eigenvalue weighted by atomic mass is 9.68. The maximum atomic E-state index is 13.1. The predicted octanol–water partition coefficient (Wildman–Crippen LogP) is 4.72. The third-order valence-electron chi connectivity index (χ3n) is 6.22. The zero-order valence-electron chi connectivity index (χ0n) is 17.6. The van der Waals surface area contributed by atoms with Gasteiger partial charge in [0, 0.05) is 30.7 Å². The maximum absolute atomic E-state index is 13.1. The van der Waals surface area contributed by atoms with E-state index in [9.17, 15) is 9.59 Å². The Labute approximate surface area is 178 Å². The van der Waals surface area contributed by atoms with E-state index in [1.165, 1.54) is 0 Å². The molecule has 3 rings (SSSR count). The summed E-state index contributed by atoms with van der Waals surface area (Å²) < 4.78 is 17.1. The number of Topliss-reactive ketones (excluding diaryl/α,β-unsaturated/α-hetero) is 1. The monoisotopic (exact) mass is 422 g/mol. The number of ketones is 1. The molecule has 1 aliphatic heterocycles. The quantitative estimate of drug-likeness (QED) is 0.595. The smallest absolute Gasteiger partial charge is 0.312 e. The first-order chi connectivity index (χ1) is 13.8. The lowest BCUT2D eigenvalue weighted by Crippen LogP contribution is -2.45. The molecule has 1 heterocycles. The second-order valence-electron chi connectivity index (χ2n) is 8.43. The minimum absolute atomic E-state index is 0.0520. The van der Waals surface area contributed by atoms with Crippen molar-refractivity contribution < 1.29 is 23.8 Å². The molecule has 5 nitrogen and oxygen atoms in total. The van der Waals surface area contributed by atoms with Gasteiger partial charge in [-0.3, -0.25) is 9.59 Å². The van der Waals surface area contributed by atoms with E-state index in [1.807, 2.05) is 32.9 Å². The first-order valence-electron chi connectivity index (χ1n) is 10.5. The van der Waals surface area contributed by atoms with Crippen LogP contribution in [-0.4, -0.2) is 37.4 Å². The number of ether oxygens (including phenoxy) is 3. The van der Waals surface area contributed by atoms with Gasteiger partial charge in [0.1, 0.15) is 5.78 Å². The van der Waals surface area contributed by atoms with E-state index in [0.29, 0.717) is 56.9 Å². The van der Waals surface area contributed by atoms with Crippen LogP contribution in [0.4, 0.5) is 0 Å². The Bertz CT molecular complexity index is 734. The molecule has 2 fully saturated rings. The highest BCUT2D eigenvalue weighted by Crippen LogP contribution is 2.47. The minimum Gasteiger partial charge on any atom is -0.465 e. The van der Waals surface area contributed by atoms with Gasteiger partial charge in [0.15, 0.2) is 5.79 Å². The van der Waals surface area contributed by atoms with Crippen LogP contribution >= 0.6 is 11.6 Å². The van der Waals surface area contributed by atoms with Gasteiger partial charge >= 0.3 is 5.97 Å². The lowest BCUT2D eigenvalue weighted by Gasteiger charge is -2.41. The van der Waals surface area contributed by atoms with Crippen LogP contribution in [0.5, 0.6) is 0 Å². The van der Waals surface area contributed by atoms with Crippen molar-refractivity contribution in [3.8, 4) is 0 Å². The van der Waals surface area contributed by atoms with Crippen LogP contribution in [0.2, 0.25) is 5.02 Å². The average molecular weight is 423 g/mol. The summed E-state index contributed by atoms with van der Waals surface area (Å²) in [6.07, 6.45) is 3.55. The van der Waals surface area contributed by atoms with Crippen LogP contribution < -0.4 is 0 Å². The molecule has 160 valence electrons. The number of benzene rings is 1. The zero-order chi connectivity index (χ0) is 21.1. The highest BCUT2D eigenvalue weighted by molar-refractivity contribution is 6.30. The molecule has 0 unspecified atom stereocenters. The van der Waals surface area contributed by atoms with Gasteiger partial charge in [0.05, 0.1) is 25.2 Å². The molecule has 0 atom stereocenters. The topological polar surface area (TPSA) is 61.8 Å². The SMILES string of the molecule is CCCOC(=O)C1(CC(=O)Cc2c(C)cc(Cl)cc2C)CCC2(CC1)OCCO2. The van der Waals surface area contributed by atoms with Crippen LogP contribution in [0.15, 0.2) is 12.1 Å². The molecule has 6 heteroatoms. The summed E-state index contributed by atoms with van der Waals surface area (Å²) in [6, 6.07) is 3.75. The highest BCUT2D eigenvalue weighted by atomic mass is 35.5. The van der Waals surface area contributed by atoms with Crippen molar-refractivity contribution >= 4 is 23.4 Å². The Kier molecular flexibility index (Phi) is 7.02. The first-order valence-corrected chi connectivity index (χ1v) is 10.9. The summed E-state index contributed by atoms with van der Waals surface area (Å²) in [5, 5.41) is 0.671. The second-order valence-corrected chi connectivity index (χ2v) is 8.87. The molecule has 1 spiro atoms. The number of halogens is 1. The van der Waals surface area contributed by atoms with Crippen molar-refractivity contribution in [1.82, 2.24) is 0 Å². The van der Waals surface area contributed by atoms with E-state index in [-0.39, 0.29) is 18.2 Å². The fourth-order valence-electron chi connectivity index (χ4n) is 4.55. The van der Waals surface area contributed by atoms with Crippen molar-refractivity contribution in [3.63, 3.8) is 0 Å². The average Bonchev–Trinajstić information content (AvgIpc) is 3.13. The highest BCUT2D eigenvalue weighted by Gasteiger charge is 2.51. The normalized spacial score (nSPS) is 20.0. The number of hydrogen-bond donors (Lipinski definition) is 0. The van der Waals surface area contributed by atoms with Crippen molar-refractivity contribution in [2.24, 2.45) is 5.41 Å². The molecule has 1 aromatic carbocycles. The second kappa shape index (κ2) is 9.15. The maximum Gasteiger partial charge on any atom is 0.312 e. The van der Waals surface area contributed by atoms with Crippen LogP contribution in [0.3, 0.4) is 0 Å². The van der Waals surface area contributed by atoms with Crippen LogP contribution in [0.1, 0.15) is 62.1 Å². The molecule has 0 radical (unpaired) electrons. The zero-order valence-corrected chi connectivity index (χ0v) is 18.4. The Morgan fingerprint density at radius 1 is 1.07 bits per heavy atom. The Morgan fingerprint density at radius 3 is 2.21 bits per heavy atom. The molecular weight excluding hydrogens is 392 g/mol. The van der Waals surface area contributed by atoms with Crippen LogP contribution in [-0.2, 0) is 30.2 Å². The van der Waals surface area contributed by atoms with E-state index in [4.69, 9.17) is 25.8 Å². The molecule has 2 aliphatic rings. The molecule has 1 saturated heterocycles. The summed E-state index contributed by atoms with van der Waals surface area (Å²) in [5.41, 5.74) is 2.20. The first kappa shape index (κ1) is 22.3. The van der Waals surface area contributed by atoms with Gasteiger partial charge in [-0.25, -0.2) is 0 Å². The Morgan fingerprint density at radius 2 is 1.66 bits per heavy atom. The standard InChI is InChI=1S/C23H31ClO5/c1-4-9-27-21(26)22(5-7-23(8-6-22)28-10-11-29-23)15-19(25)14-20-16(2)12-18(24)13-17(20)3/h12-13H,4-11,14-15H2,1-3H3. The molecule has 0 bridgehead atoms.